The quantitative estimate of drug-likeness (QED) is 0.651. The van der Waals surface area contributed by atoms with E-state index < -0.39 is 0 Å². The van der Waals surface area contributed by atoms with Crippen LogP contribution >= 0.6 is 0 Å². The molecule has 32 heavy (non-hydrogen) atoms. The van der Waals surface area contributed by atoms with Gasteiger partial charge in [-0.15, -0.1) is 0 Å². The van der Waals surface area contributed by atoms with E-state index in [-0.39, 0.29) is 24.3 Å². The van der Waals surface area contributed by atoms with Gasteiger partial charge < -0.3 is 15.0 Å². The number of nitrogens with zero attached hydrogens (tertiary/aromatic N) is 1. The fourth-order valence-electron chi connectivity index (χ4n) is 4.76. The summed E-state index contributed by atoms with van der Waals surface area (Å²) in [6.45, 7) is 2.44. The van der Waals surface area contributed by atoms with Crippen molar-refractivity contribution < 1.29 is 14.3 Å². The molecule has 0 radical (unpaired) electrons. The van der Waals surface area contributed by atoms with Gasteiger partial charge in [0.15, 0.2) is 6.61 Å². The molecule has 3 aromatic rings. The zero-order valence-corrected chi connectivity index (χ0v) is 18.2. The van der Waals surface area contributed by atoms with E-state index in [1.807, 2.05) is 29.2 Å². The van der Waals surface area contributed by atoms with E-state index in [0.717, 1.165) is 47.8 Å². The van der Waals surface area contributed by atoms with E-state index in [1.165, 1.54) is 12.0 Å². The minimum Gasteiger partial charge on any atom is -0.484 e. The molecule has 5 rings (SSSR count). The lowest BCUT2D eigenvalue weighted by Gasteiger charge is -2.26. The summed E-state index contributed by atoms with van der Waals surface area (Å²) in [6, 6.07) is 20.7. The average molecular weight is 429 g/mol. The van der Waals surface area contributed by atoms with Gasteiger partial charge in [0.1, 0.15) is 5.75 Å². The number of rotatable bonds is 5. The van der Waals surface area contributed by atoms with Gasteiger partial charge in [-0.1, -0.05) is 48.5 Å². The molecule has 0 aliphatic carbocycles. The summed E-state index contributed by atoms with van der Waals surface area (Å²) in [4.78, 5) is 26.0. The Morgan fingerprint density at radius 2 is 1.78 bits per heavy atom. The van der Waals surface area contributed by atoms with Crippen LogP contribution < -0.4 is 10.1 Å². The van der Waals surface area contributed by atoms with Crippen LogP contribution in [0.3, 0.4) is 0 Å². The average Bonchev–Trinajstić information content (AvgIpc) is 3.29. The lowest BCUT2D eigenvalue weighted by molar-refractivity contribution is -0.134. The molecule has 1 N–H and O–H groups in total. The molecular formula is C27H28N2O3. The number of ether oxygens (including phenoxy) is 1. The summed E-state index contributed by atoms with van der Waals surface area (Å²) in [7, 11) is 0. The monoisotopic (exact) mass is 428 g/mol. The molecule has 2 amide bonds. The van der Waals surface area contributed by atoms with E-state index in [0.29, 0.717) is 18.7 Å². The van der Waals surface area contributed by atoms with Crippen molar-refractivity contribution >= 4 is 22.6 Å². The highest BCUT2D eigenvalue weighted by molar-refractivity contribution is 5.98. The van der Waals surface area contributed by atoms with Gasteiger partial charge in [-0.25, -0.2) is 0 Å². The van der Waals surface area contributed by atoms with Crippen LogP contribution in [0.5, 0.6) is 5.75 Å². The largest absolute Gasteiger partial charge is 0.484 e. The van der Waals surface area contributed by atoms with Crippen LogP contribution in [0.15, 0.2) is 60.7 Å². The number of benzene rings is 3. The Kier molecular flexibility index (Phi) is 5.80. The van der Waals surface area contributed by atoms with Gasteiger partial charge in [-0.2, -0.15) is 0 Å². The van der Waals surface area contributed by atoms with Gasteiger partial charge in [0.05, 0.1) is 0 Å². The second-order valence-electron chi connectivity index (χ2n) is 8.75. The molecule has 2 aliphatic rings. The summed E-state index contributed by atoms with van der Waals surface area (Å²) >= 11 is 0. The molecule has 2 fully saturated rings. The highest BCUT2D eigenvalue weighted by Gasteiger charge is 2.23. The summed E-state index contributed by atoms with van der Waals surface area (Å²) in [5.41, 5.74) is 3.35. The van der Waals surface area contributed by atoms with Crippen LogP contribution in [0.2, 0.25) is 0 Å². The van der Waals surface area contributed by atoms with Crippen LogP contribution in [-0.4, -0.2) is 43.0 Å². The molecule has 3 aromatic carbocycles. The Bertz CT molecular complexity index is 1130. The first-order valence-electron chi connectivity index (χ1n) is 11.5. The summed E-state index contributed by atoms with van der Waals surface area (Å²) < 4.78 is 5.97. The number of carbonyl (C=O) groups excluding carboxylic acids is 2. The smallest absolute Gasteiger partial charge is 0.260 e. The lowest BCUT2D eigenvalue weighted by atomic mass is 9.93. The highest BCUT2D eigenvalue weighted by atomic mass is 16.5. The second-order valence-corrected chi connectivity index (χ2v) is 8.75. The first-order chi connectivity index (χ1) is 15.7. The Morgan fingerprint density at radius 3 is 2.53 bits per heavy atom. The van der Waals surface area contributed by atoms with Gasteiger partial charge in [0.2, 0.25) is 5.91 Å². The number of fused-ring (bicyclic) bond motifs is 1. The van der Waals surface area contributed by atoms with Gasteiger partial charge in [-0.3, -0.25) is 9.59 Å². The van der Waals surface area contributed by atoms with Crippen molar-refractivity contribution in [3.63, 3.8) is 0 Å². The molecule has 1 atom stereocenters. The zero-order chi connectivity index (χ0) is 21.9. The molecule has 0 saturated carbocycles. The summed E-state index contributed by atoms with van der Waals surface area (Å²) in [6.07, 6.45) is 3.90. The molecule has 2 saturated heterocycles. The van der Waals surface area contributed by atoms with Crippen LogP contribution in [0.25, 0.3) is 21.9 Å². The summed E-state index contributed by atoms with van der Waals surface area (Å²) in [5.74, 6) is 1.12. The van der Waals surface area contributed by atoms with E-state index in [9.17, 15) is 9.59 Å². The number of hydrogen-bond acceptors (Lipinski definition) is 3. The second kappa shape index (κ2) is 9.03. The van der Waals surface area contributed by atoms with Crippen molar-refractivity contribution in [2.24, 2.45) is 0 Å². The number of nitrogens with one attached hydrogen (secondary N) is 1. The molecule has 0 spiro atoms. The highest BCUT2D eigenvalue weighted by Crippen LogP contribution is 2.34. The zero-order valence-electron chi connectivity index (χ0n) is 18.2. The molecule has 0 aromatic heterocycles. The van der Waals surface area contributed by atoms with Crippen molar-refractivity contribution in [2.45, 2.75) is 31.6 Å². The van der Waals surface area contributed by atoms with E-state index >= 15 is 0 Å². The maximum atomic E-state index is 12.5. The fourth-order valence-corrected chi connectivity index (χ4v) is 4.76. The minimum absolute atomic E-state index is 0.0588. The third-order valence-electron chi connectivity index (χ3n) is 6.58. The maximum Gasteiger partial charge on any atom is 0.260 e. The minimum atomic E-state index is 0.0588. The Labute approximate surface area is 188 Å². The number of carbonyl (C=O) groups is 2. The Morgan fingerprint density at radius 1 is 1.00 bits per heavy atom. The van der Waals surface area contributed by atoms with Gasteiger partial charge >= 0.3 is 0 Å². The van der Waals surface area contributed by atoms with Crippen molar-refractivity contribution in [1.82, 2.24) is 10.2 Å². The van der Waals surface area contributed by atoms with Crippen molar-refractivity contribution in [3.8, 4) is 16.9 Å². The Hall–Kier alpha value is -3.34. The van der Waals surface area contributed by atoms with Crippen LogP contribution in [-0.2, 0) is 9.59 Å². The number of likely N-dealkylation sites (tertiary alicyclic amines) is 1. The van der Waals surface area contributed by atoms with Gasteiger partial charge in [-0.05, 0) is 58.9 Å². The molecule has 1 unspecified atom stereocenters. The SMILES string of the molecule is O=C1CC(c2ccc(-c3cc(OCC(=O)N4CCCCC4)cc4ccccc34)cc2)CN1. The molecule has 2 heterocycles. The number of amides is 2. The van der Waals surface area contributed by atoms with E-state index in [1.54, 1.807) is 0 Å². The van der Waals surface area contributed by atoms with Gasteiger partial charge in [0.25, 0.3) is 5.91 Å². The predicted molar refractivity (Wildman–Crippen MR) is 126 cm³/mol. The topological polar surface area (TPSA) is 58.6 Å². The third-order valence-corrected chi connectivity index (χ3v) is 6.58. The first-order valence-corrected chi connectivity index (χ1v) is 11.5. The lowest BCUT2D eigenvalue weighted by Crippen LogP contribution is -2.38. The standard InChI is InChI=1S/C27H28N2O3/c30-26-15-22(17-28-26)19-8-10-20(11-9-19)25-16-23(14-21-6-2-3-7-24(21)25)32-18-27(31)29-12-4-1-5-13-29/h2-3,6-11,14,16,22H,1,4-5,12-13,15,17-18H2,(H,28,30). The van der Waals surface area contributed by atoms with Crippen LogP contribution in [0.4, 0.5) is 0 Å². The molecule has 5 nitrogen and oxygen atoms in total. The fraction of sp³-hybridized carbons (Fsp3) is 0.333. The number of hydrogen-bond donors (Lipinski definition) is 1. The molecule has 5 heteroatoms. The number of piperidine rings is 1. The van der Waals surface area contributed by atoms with E-state index in [4.69, 9.17) is 4.74 Å². The normalized spacial score (nSPS) is 18.6. The molecule has 0 bridgehead atoms. The van der Waals surface area contributed by atoms with Gasteiger partial charge in [0, 0.05) is 32.0 Å². The van der Waals surface area contributed by atoms with Crippen LogP contribution in [0.1, 0.15) is 37.2 Å². The molecule has 164 valence electrons. The molecule has 2 aliphatic heterocycles. The van der Waals surface area contributed by atoms with Crippen LogP contribution in [0, 0.1) is 0 Å². The van der Waals surface area contributed by atoms with Crippen molar-refractivity contribution in [2.75, 3.05) is 26.2 Å². The third kappa shape index (κ3) is 4.33. The predicted octanol–water partition coefficient (Wildman–Crippen LogP) is 4.50. The van der Waals surface area contributed by atoms with Crippen molar-refractivity contribution in [3.05, 3.63) is 66.2 Å². The summed E-state index contributed by atoms with van der Waals surface area (Å²) in [5, 5.41) is 5.14. The van der Waals surface area contributed by atoms with E-state index in [2.05, 4.69) is 41.7 Å². The maximum absolute atomic E-state index is 12.5. The van der Waals surface area contributed by atoms with Crippen molar-refractivity contribution in [1.29, 1.82) is 0 Å². The first kappa shape index (κ1) is 20.6. The Balaban J connectivity index is 1.39. The molecular weight excluding hydrogens is 400 g/mol.